The van der Waals surface area contributed by atoms with Crippen molar-refractivity contribution in [3.8, 4) is 0 Å². The largest absolute Gasteiger partial charge is 0.354 e. The molecule has 1 saturated heterocycles. The third-order valence-electron chi connectivity index (χ3n) is 4.97. The highest BCUT2D eigenvalue weighted by Gasteiger charge is 2.33. The summed E-state index contributed by atoms with van der Waals surface area (Å²) in [6, 6.07) is 1.97. The van der Waals surface area contributed by atoms with Crippen LogP contribution in [-0.4, -0.2) is 45.2 Å². The number of amidine groups is 1. The van der Waals surface area contributed by atoms with Crippen LogP contribution in [0.3, 0.4) is 0 Å². The Morgan fingerprint density at radius 2 is 2.03 bits per heavy atom. The topological polar surface area (TPSA) is 108 Å². The second-order valence-electron chi connectivity index (χ2n) is 7.23. The second-order valence-corrected chi connectivity index (χ2v) is 9.21. The molecule has 0 aromatic heterocycles. The summed E-state index contributed by atoms with van der Waals surface area (Å²) < 4.78 is 29.4. The number of hydrogen-bond acceptors (Lipinski definition) is 5. The number of nitrogens with one attached hydrogen (secondary N) is 2. The zero-order valence-electron chi connectivity index (χ0n) is 16.5. The molecule has 0 aliphatic carbocycles. The number of carbonyl (C=O) groups is 2. The van der Waals surface area contributed by atoms with Crippen LogP contribution in [0.5, 0.6) is 0 Å². The van der Waals surface area contributed by atoms with Crippen molar-refractivity contribution in [2.75, 3.05) is 18.0 Å². The third-order valence-corrected chi connectivity index (χ3v) is 6.62. The quantitative estimate of drug-likeness (QED) is 0.731. The van der Waals surface area contributed by atoms with Gasteiger partial charge in [-0.1, -0.05) is 24.9 Å². The van der Waals surface area contributed by atoms with Crippen LogP contribution in [-0.2, 0) is 14.8 Å². The standard InChI is InChI=1S/C19H25ClN4O4S/c1-3-8-21-18(25)12(2)22-19(26)13-10-16-15(11-14(13)20)24-9-6-4-5-7-17(24)23-29(16,27)28/h10-12H,3-9H2,1-2H3,(H,21,25)(H,22,26)/t12-/m0/s1. The lowest BCUT2D eigenvalue weighted by atomic mass is 10.1. The first kappa shape index (κ1) is 21.6. The summed E-state index contributed by atoms with van der Waals surface area (Å²) >= 11 is 6.35. The van der Waals surface area contributed by atoms with Gasteiger partial charge in [-0.15, -0.1) is 4.40 Å². The molecule has 3 rings (SSSR count). The first-order chi connectivity index (χ1) is 13.7. The van der Waals surface area contributed by atoms with Gasteiger partial charge in [0.1, 0.15) is 16.8 Å². The molecule has 2 N–H and O–H groups in total. The number of benzene rings is 1. The zero-order valence-corrected chi connectivity index (χ0v) is 18.1. The zero-order chi connectivity index (χ0) is 21.2. The number of sulfonamides is 1. The van der Waals surface area contributed by atoms with Gasteiger partial charge < -0.3 is 15.5 Å². The molecule has 1 atom stereocenters. The minimum atomic E-state index is -3.93. The Hall–Kier alpha value is -2.13. The van der Waals surface area contributed by atoms with E-state index >= 15 is 0 Å². The van der Waals surface area contributed by atoms with E-state index in [4.69, 9.17) is 11.6 Å². The molecule has 8 nitrogen and oxygen atoms in total. The van der Waals surface area contributed by atoms with Crippen LogP contribution < -0.4 is 15.5 Å². The van der Waals surface area contributed by atoms with Crippen LogP contribution in [0.4, 0.5) is 5.69 Å². The normalized spacial score (nSPS) is 18.6. The molecule has 2 aliphatic rings. The van der Waals surface area contributed by atoms with Crippen LogP contribution in [0.2, 0.25) is 5.02 Å². The Morgan fingerprint density at radius 1 is 1.28 bits per heavy atom. The molecule has 1 fully saturated rings. The van der Waals surface area contributed by atoms with Crippen LogP contribution >= 0.6 is 11.6 Å². The predicted molar refractivity (Wildman–Crippen MR) is 112 cm³/mol. The molecular formula is C19H25ClN4O4S. The SMILES string of the molecule is CCCNC(=O)[C@H](C)NC(=O)c1cc2c(cc1Cl)N1CCCCCC1=NS2(=O)=O. The third kappa shape index (κ3) is 4.56. The van der Waals surface area contributed by atoms with Gasteiger partial charge >= 0.3 is 0 Å². The number of hydrogen-bond donors (Lipinski definition) is 2. The first-order valence-electron chi connectivity index (χ1n) is 9.78. The molecule has 2 amide bonds. The van der Waals surface area contributed by atoms with Gasteiger partial charge in [0.2, 0.25) is 5.91 Å². The van der Waals surface area contributed by atoms with Crippen molar-refractivity contribution in [3.05, 3.63) is 22.7 Å². The van der Waals surface area contributed by atoms with Gasteiger partial charge in [-0.25, -0.2) is 0 Å². The molecule has 158 valence electrons. The lowest BCUT2D eigenvalue weighted by Gasteiger charge is -2.30. The van der Waals surface area contributed by atoms with Gasteiger partial charge in [-0.3, -0.25) is 9.59 Å². The molecule has 2 aliphatic heterocycles. The van der Waals surface area contributed by atoms with E-state index in [1.165, 1.54) is 12.1 Å². The fourth-order valence-electron chi connectivity index (χ4n) is 3.41. The number of carbonyl (C=O) groups excluding carboxylic acids is 2. The van der Waals surface area contributed by atoms with Gasteiger partial charge in [0.05, 0.1) is 16.3 Å². The summed E-state index contributed by atoms with van der Waals surface area (Å²) in [6.07, 6.45) is 4.16. The summed E-state index contributed by atoms with van der Waals surface area (Å²) in [6.45, 7) is 4.64. The summed E-state index contributed by atoms with van der Waals surface area (Å²) in [5.41, 5.74) is 0.449. The average molecular weight is 441 g/mol. The number of anilines is 1. The fourth-order valence-corrected chi connectivity index (χ4v) is 4.92. The molecule has 0 spiro atoms. The number of nitrogens with zero attached hydrogens (tertiary/aromatic N) is 2. The minimum absolute atomic E-state index is 0.00222. The maximum atomic E-state index is 12.7. The van der Waals surface area contributed by atoms with Crippen LogP contribution in [0.15, 0.2) is 21.4 Å². The maximum Gasteiger partial charge on any atom is 0.286 e. The lowest BCUT2D eigenvalue weighted by Crippen LogP contribution is -2.45. The van der Waals surface area contributed by atoms with Crippen LogP contribution in [0, 0.1) is 0 Å². The van der Waals surface area contributed by atoms with Crippen molar-refractivity contribution in [3.63, 3.8) is 0 Å². The van der Waals surface area contributed by atoms with E-state index < -0.39 is 22.0 Å². The van der Waals surface area contributed by atoms with Crippen molar-refractivity contribution >= 4 is 45.0 Å². The lowest BCUT2D eigenvalue weighted by molar-refractivity contribution is -0.122. The Labute approximate surface area is 175 Å². The molecule has 0 unspecified atom stereocenters. The molecule has 29 heavy (non-hydrogen) atoms. The number of fused-ring (bicyclic) bond motifs is 3. The smallest absolute Gasteiger partial charge is 0.286 e. The predicted octanol–water partition coefficient (Wildman–Crippen LogP) is 2.47. The molecule has 1 aromatic carbocycles. The summed E-state index contributed by atoms with van der Waals surface area (Å²) in [4.78, 5) is 26.5. The fraction of sp³-hybridized carbons (Fsp3) is 0.526. The Kier molecular flexibility index (Phi) is 6.48. The van der Waals surface area contributed by atoms with E-state index in [2.05, 4.69) is 15.0 Å². The van der Waals surface area contributed by atoms with E-state index in [0.717, 1.165) is 25.7 Å². The van der Waals surface area contributed by atoms with Gasteiger partial charge in [-0.2, -0.15) is 8.42 Å². The van der Waals surface area contributed by atoms with Crippen LogP contribution in [0.1, 0.15) is 56.3 Å². The number of halogens is 1. The molecule has 0 radical (unpaired) electrons. The Morgan fingerprint density at radius 3 is 2.76 bits per heavy atom. The Balaban J connectivity index is 1.91. The van der Waals surface area contributed by atoms with E-state index in [0.29, 0.717) is 31.0 Å². The second kappa shape index (κ2) is 8.71. The Bertz CT molecular complexity index is 961. The van der Waals surface area contributed by atoms with Crippen molar-refractivity contribution in [2.24, 2.45) is 4.40 Å². The maximum absolute atomic E-state index is 12.7. The van der Waals surface area contributed by atoms with E-state index in [9.17, 15) is 18.0 Å². The van der Waals surface area contributed by atoms with Crippen molar-refractivity contribution in [1.82, 2.24) is 10.6 Å². The number of rotatable bonds is 5. The van der Waals surface area contributed by atoms with E-state index in [1.54, 1.807) is 6.92 Å². The molecular weight excluding hydrogens is 416 g/mol. The molecule has 10 heteroatoms. The van der Waals surface area contributed by atoms with Crippen molar-refractivity contribution < 1.29 is 18.0 Å². The van der Waals surface area contributed by atoms with E-state index in [-0.39, 0.29) is 21.4 Å². The van der Waals surface area contributed by atoms with Gasteiger partial charge in [0.25, 0.3) is 15.9 Å². The summed E-state index contributed by atoms with van der Waals surface area (Å²) in [5.74, 6) is -0.414. The molecule has 2 heterocycles. The van der Waals surface area contributed by atoms with Crippen LogP contribution in [0.25, 0.3) is 0 Å². The first-order valence-corrected chi connectivity index (χ1v) is 11.6. The average Bonchev–Trinajstić information content (AvgIpc) is 2.90. The molecule has 0 bridgehead atoms. The summed E-state index contributed by atoms with van der Waals surface area (Å²) in [7, 11) is -3.93. The molecule has 0 saturated carbocycles. The minimum Gasteiger partial charge on any atom is -0.354 e. The van der Waals surface area contributed by atoms with Gasteiger partial charge in [-0.05, 0) is 38.3 Å². The van der Waals surface area contributed by atoms with Crippen molar-refractivity contribution in [1.29, 1.82) is 0 Å². The number of amides is 2. The van der Waals surface area contributed by atoms with Crippen molar-refractivity contribution in [2.45, 2.75) is 56.9 Å². The van der Waals surface area contributed by atoms with Gasteiger partial charge in [0.15, 0.2) is 0 Å². The highest BCUT2D eigenvalue weighted by Crippen LogP contribution is 2.37. The highest BCUT2D eigenvalue weighted by molar-refractivity contribution is 7.90. The summed E-state index contributed by atoms with van der Waals surface area (Å²) in [5, 5.41) is 5.39. The monoisotopic (exact) mass is 440 g/mol. The highest BCUT2D eigenvalue weighted by atomic mass is 35.5. The van der Waals surface area contributed by atoms with E-state index in [1.807, 2.05) is 11.8 Å². The van der Waals surface area contributed by atoms with Gasteiger partial charge in [0, 0.05) is 19.5 Å². The molecule has 1 aromatic rings.